The van der Waals surface area contributed by atoms with Crippen molar-refractivity contribution in [2.75, 3.05) is 0 Å². The molecule has 35 heavy (non-hydrogen) atoms. The molecule has 4 aromatic rings. The zero-order valence-electron chi connectivity index (χ0n) is 20.1. The molecule has 178 valence electrons. The number of carbonyl (C=O) groups is 1. The van der Waals surface area contributed by atoms with Gasteiger partial charge in [0.2, 0.25) is 11.1 Å². The van der Waals surface area contributed by atoms with E-state index in [9.17, 15) is 9.59 Å². The second-order valence-electron chi connectivity index (χ2n) is 10.00. The summed E-state index contributed by atoms with van der Waals surface area (Å²) in [5.74, 6) is 0.486. The summed E-state index contributed by atoms with van der Waals surface area (Å²) in [6.07, 6.45) is 3.89. The molecule has 0 aliphatic heterocycles. The van der Waals surface area contributed by atoms with E-state index in [1.54, 1.807) is 18.3 Å². The first-order valence-electron chi connectivity index (χ1n) is 11.9. The van der Waals surface area contributed by atoms with Crippen LogP contribution in [0.15, 0.2) is 82.1 Å². The highest BCUT2D eigenvalue weighted by atomic mass is 16.6. The number of alkyl carbamates (subject to hydrolysis) is 1. The van der Waals surface area contributed by atoms with Crippen LogP contribution in [0.4, 0.5) is 4.79 Å². The molecule has 1 aliphatic carbocycles. The highest BCUT2D eigenvalue weighted by molar-refractivity contribution is 5.87. The van der Waals surface area contributed by atoms with E-state index in [0.29, 0.717) is 22.4 Å². The second-order valence-corrected chi connectivity index (χ2v) is 10.00. The molecule has 0 bridgehead atoms. The lowest BCUT2D eigenvalue weighted by Crippen LogP contribution is -2.52. The minimum absolute atomic E-state index is 0.129. The third kappa shape index (κ3) is 4.44. The molecule has 2 aromatic heterocycles. The topological polar surface area (TPSA) is 81.4 Å². The summed E-state index contributed by atoms with van der Waals surface area (Å²) in [5.41, 5.74) is 2.20. The Morgan fingerprint density at radius 3 is 2.31 bits per heavy atom. The zero-order chi connectivity index (χ0) is 24.6. The monoisotopic (exact) mass is 468 g/mol. The van der Waals surface area contributed by atoms with Crippen molar-refractivity contribution < 1.29 is 13.9 Å². The van der Waals surface area contributed by atoms with Crippen molar-refractivity contribution in [2.45, 2.75) is 51.2 Å². The number of pyridine rings is 1. The summed E-state index contributed by atoms with van der Waals surface area (Å²) in [7, 11) is 0. The van der Waals surface area contributed by atoms with E-state index in [4.69, 9.17) is 9.15 Å². The van der Waals surface area contributed by atoms with Crippen LogP contribution in [0.3, 0.4) is 0 Å². The van der Waals surface area contributed by atoms with Crippen LogP contribution in [0.1, 0.15) is 45.6 Å². The largest absolute Gasteiger partial charge is 0.444 e. The van der Waals surface area contributed by atoms with E-state index < -0.39 is 17.2 Å². The van der Waals surface area contributed by atoms with Gasteiger partial charge in [0.05, 0.1) is 16.5 Å². The standard InChI is InChI=1S/C29H28N2O4/c1-28(2,3)35-27(33)31-29(16-8-17-29)21-14-12-19(13-15-21)23-24(32)22-11-7-18-30-26(22)34-25(23)20-9-5-4-6-10-20/h4-7,9-15,18H,8,16-17H2,1-3H3,(H,31,33). The molecule has 6 nitrogen and oxygen atoms in total. The molecule has 0 unspecified atom stereocenters. The fourth-order valence-electron chi connectivity index (χ4n) is 4.56. The minimum atomic E-state index is -0.564. The molecule has 0 saturated heterocycles. The van der Waals surface area contributed by atoms with Crippen molar-refractivity contribution in [3.63, 3.8) is 0 Å². The first-order valence-corrected chi connectivity index (χ1v) is 11.9. The Kier molecular flexibility index (Phi) is 5.67. The van der Waals surface area contributed by atoms with Crippen LogP contribution in [0, 0.1) is 0 Å². The summed E-state index contributed by atoms with van der Waals surface area (Å²) in [5, 5.41) is 3.52. The molecule has 0 atom stereocenters. The van der Waals surface area contributed by atoms with Crippen LogP contribution < -0.4 is 10.7 Å². The molecule has 1 aliphatic rings. The number of ether oxygens (including phenoxy) is 1. The summed E-state index contributed by atoms with van der Waals surface area (Å²) in [6.45, 7) is 5.55. The van der Waals surface area contributed by atoms with Crippen molar-refractivity contribution in [1.29, 1.82) is 0 Å². The van der Waals surface area contributed by atoms with Gasteiger partial charge < -0.3 is 14.5 Å². The maximum absolute atomic E-state index is 13.6. The maximum Gasteiger partial charge on any atom is 0.408 e. The van der Waals surface area contributed by atoms with Gasteiger partial charge in [0.25, 0.3) is 0 Å². The van der Waals surface area contributed by atoms with Crippen LogP contribution in [0.25, 0.3) is 33.6 Å². The Morgan fingerprint density at radius 2 is 1.69 bits per heavy atom. The SMILES string of the molecule is CC(C)(C)OC(=O)NC1(c2ccc(-c3c(-c4ccccc4)oc4ncccc4c3=O)cc2)CCC1. The van der Waals surface area contributed by atoms with Gasteiger partial charge in [-0.25, -0.2) is 9.78 Å². The van der Waals surface area contributed by atoms with Gasteiger partial charge in [-0.3, -0.25) is 4.79 Å². The van der Waals surface area contributed by atoms with E-state index in [2.05, 4.69) is 10.3 Å². The third-order valence-electron chi connectivity index (χ3n) is 6.38. The van der Waals surface area contributed by atoms with Crippen LogP contribution in [-0.2, 0) is 10.3 Å². The molecule has 5 rings (SSSR count). The number of hydrogen-bond donors (Lipinski definition) is 1. The molecule has 0 spiro atoms. The lowest BCUT2D eigenvalue weighted by molar-refractivity contribution is 0.0377. The van der Waals surface area contributed by atoms with Crippen molar-refractivity contribution in [2.24, 2.45) is 0 Å². The van der Waals surface area contributed by atoms with Crippen LogP contribution in [0.2, 0.25) is 0 Å². The number of hydrogen-bond acceptors (Lipinski definition) is 5. The van der Waals surface area contributed by atoms with E-state index in [-0.39, 0.29) is 5.43 Å². The minimum Gasteiger partial charge on any atom is -0.444 e. The van der Waals surface area contributed by atoms with Crippen LogP contribution in [-0.4, -0.2) is 16.7 Å². The Morgan fingerprint density at radius 1 is 0.971 bits per heavy atom. The highest BCUT2D eigenvalue weighted by Gasteiger charge is 2.41. The first kappa shape index (κ1) is 22.8. The molecule has 1 amide bonds. The summed E-state index contributed by atoms with van der Waals surface area (Å²) in [4.78, 5) is 30.3. The van der Waals surface area contributed by atoms with Gasteiger partial charge in [-0.2, -0.15) is 0 Å². The normalized spacial score (nSPS) is 14.8. The molecule has 2 heterocycles. The van der Waals surface area contributed by atoms with Gasteiger partial charge in [0.1, 0.15) is 11.4 Å². The average Bonchev–Trinajstić information content (AvgIpc) is 2.81. The van der Waals surface area contributed by atoms with Crippen molar-refractivity contribution in [3.05, 3.63) is 88.7 Å². The molecule has 1 fully saturated rings. The van der Waals surface area contributed by atoms with Gasteiger partial charge >= 0.3 is 6.09 Å². The number of aromatic nitrogens is 1. The number of carbonyl (C=O) groups excluding carboxylic acids is 1. The Hall–Kier alpha value is -3.93. The zero-order valence-corrected chi connectivity index (χ0v) is 20.1. The lowest BCUT2D eigenvalue weighted by atomic mass is 9.71. The summed E-state index contributed by atoms with van der Waals surface area (Å²) in [6, 6.07) is 20.8. The van der Waals surface area contributed by atoms with Gasteiger partial charge in [0, 0.05) is 11.8 Å². The molecular weight excluding hydrogens is 440 g/mol. The van der Waals surface area contributed by atoms with Crippen LogP contribution >= 0.6 is 0 Å². The van der Waals surface area contributed by atoms with E-state index in [1.165, 1.54) is 0 Å². The number of benzene rings is 2. The van der Waals surface area contributed by atoms with Crippen molar-refractivity contribution in [1.82, 2.24) is 10.3 Å². The Bertz CT molecular complexity index is 1430. The average molecular weight is 469 g/mol. The van der Waals surface area contributed by atoms with E-state index >= 15 is 0 Å². The first-order chi connectivity index (χ1) is 16.8. The molecule has 1 N–H and O–H groups in total. The quantitative estimate of drug-likeness (QED) is 0.373. The molecular formula is C29H28N2O4. The number of amides is 1. The summed E-state index contributed by atoms with van der Waals surface area (Å²) < 4.78 is 11.7. The fourth-order valence-corrected chi connectivity index (χ4v) is 4.56. The smallest absolute Gasteiger partial charge is 0.408 e. The van der Waals surface area contributed by atoms with Crippen molar-refractivity contribution in [3.8, 4) is 22.5 Å². The molecule has 0 radical (unpaired) electrons. The van der Waals surface area contributed by atoms with Crippen molar-refractivity contribution >= 4 is 17.2 Å². The Labute approximate surface area is 204 Å². The predicted octanol–water partition coefficient (Wildman–Crippen LogP) is 6.43. The predicted molar refractivity (Wildman–Crippen MR) is 136 cm³/mol. The number of nitrogens with one attached hydrogen (secondary N) is 1. The molecule has 1 saturated carbocycles. The third-order valence-corrected chi connectivity index (χ3v) is 6.38. The highest BCUT2D eigenvalue weighted by Crippen LogP contribution is 2.42. The number of rotatable bonds is 4. The Balaban J connectivity index is 1.56. The van der Waals surface area contributed by atoms with Crippen LogP contribution in [0.5, 0.6) is 0 Å². The number of fused-ring (bicyclic) bond motifs is 1. The molecule has 2 aromatic carbocycles. The van der Waals surface area contributed by atoms with Gasteiger partial charge in [-0.1, -0.05) is 54.6 Å². The van der Waals surface area contributed by atoms with Gasteiger partial charge in [-0.15, -0.1) is 0 Å². The summed E-state index contributed by atoms with van der Waals surface area (Å²) >= 11 is 0. The lowest BCUT2D eigenvalue weighted by Gasteiger charge is -2.43. The van der Waals surface area contributed by atoms with E-state index in [0.717, 1.165) is 36.0 Å². The van der Waals surface area contributed by atoms with Gasteiger partial charge in [-0.05, 0) is 63.3 Å². The molecule has 6 heteroatoms. The van der Waals surface area contributed by atoms with E-state index in [1.807, 2.05) is 75.4 Å². The maximum atomic E-state index is 13.6. The number of nitrogens with zero attached hydrogens (tertiary/aromatic N) is 1. The van der Waals surface area contributed by atoms with Gasteiger partial charge in [0.15, 0.2) is 0 Å². The second kappa shape index (κ2) is 8.69. The fraction of sp³-hybridized carbons (Fsp3) is 0.276.